The van der Waals surface area contributed by atoms with Gasteiger partial charge in [-0.15, -0.1) is 0 Å². The Morgan fingerprint density at radius 2 is 1.69 bits per heavy atom. The molecule has 0 atom stereocenters. The van der Waals surface area contributed by atoms with Gasteiger partial charge >= 0.3 is 14.0 Å². The Morgan fingerprint density at radius 1 is 1.19 bits per heavy atom. The maximum absolute atomic E-state index is 11.6. The molecule has 0 unspecified atom stereocenters. The lowest BCUT2D eigenvalue weighted by atomic mass is 10.7. The number of halogens is 3. The van der Waals surface area contributed by atoms with Crippen LogP contribution >= 0.6 is 7.82 Å². The van der Waals surface area contributed by atoms with Crippen molar-refractivity contribution in [2.75, 3.05) is 13.4 Å². The molecule has 0 rings (SSSR count). The van der Waals surface area contributed by atoms with Gasteiger partial charge in [-0.2, -0.15) is 13.2 Å². The lowest BCUT2D eigenvalue weighted by Gasteiger charge is -2.14. The van der Waals surface area contributed by atoms with E-state index in [9.17, 15) is 17.7 Å². The van der Waals surface area contributed by atoms with Crippen LogP contribution in [0.2, 0.25) is 0 Å². The molecule has 0 aromatic rings. The van der Waals surface area contributed by atoms with Gasteiger partial charge in [-0.25, -0.2) is 9.09 Å². The standard InChI is InChI=1S/C7H10F3O5P/c1-3-13-16(11,14-4-2)15-6-12-5-7(8,9)10/h3-4H,1-2,5-6H2. The molecule has 0 bridgehead atoms. The van der Waals surface area contributed by atoms with Crippen LogP contribution in [0, 0.1) is 0 Å². The molecule has 0 saturated carbocycles. The van der Waals surface area contributed by atoms with E-state index >= 15 is 0 Å². The first-order chi connectivity index (χ1) is 7.33. The van der Waals surface area contributed by atoms with E-state index in [-0.39, 0.29) is 0 Å². The zero-order valence-electron chi connectivity index (χ0n) is 8.11. The smallest absolute Gasteiger partial charge is 0.404 e. The molecule has 0 aromatic carbocycles. The van der Waals surface area contributed by atoms with Gasteiger partial charge in [-0.1, -0.05) is 13.2 Å². The number of hydrogen-bond acceptors (Lipinski definition) is 5. The summed E-state index contributed by atoms with van der Waals surface area (Å²) in [6.07, 6.45) is -2.98. The number of alkyl halides is 3. The lowest BCUT2D eigenvalue weighted by Crippen LogP contribution is -2.18. The normalized spacial score (nSPS) is 11.9. The van der Waals surface area contributed by atoms with E-state index in [0.29, 0.717) is 0 Å². The summed E-state index contributed by atoms with van der Waals surface area (Å²) in [5, 5.41) is 0. The van der Waals surface area contributed by atoms with Crippen molar-refractivity contribution < 1.29 is 36.0 Å². The molecular formula is C7H10F3O5P. The zero-order chi connectivity index (χ0) is 12.7. The summed E-state index contributed by atoms with van der Waals surface area (Å²) < 4.78 is 63.3. The van der Waals surface area contributed by atoms with Crippen LogP contribution in [0.4, 0.5) is 13.2 Å². The van der Waals surface area contributed by atoms with Crippen molar-refractivity contribution in [3.8, 4) is 0 Å². The van der Waals surface area contributed by atoms with Crippen LogP contribution in [0.5, 0.6) is 0 Å². The fourth-order valence-corrected chi connectivity index (χ4v) is 1.27. The van der Waals surface area contributed by atoms with Crippen LogP contribution in [0.25, 0.3) is 0 Å². The third-order valence-corrected chi connectivity index (χ3v) is 2.20. The molecule has 0 fully saturated rings. The highest BCUT2D eigenvalue weighted by Crippen LogP contribution is 2.49. The fourth-order valence-electron chi connectivity index (χ4n) is 0.527. The Kier molecular flexibility index (Phi) is 6.17. The van der Waals surface area contributed by atoms with Crippen molar-refractivity contribution in [2.24, 2.45) is 0 Å². The summed E-state index contributed by atoms with van der Waals surface area (Å²) in [6, 6.07) is 0. The first kappa shape index (κ1) is 15.0. The molecule has 0 aliphatic rings. The van der Waals surface area contributed by atoms with Crippen molar-refractivity contribution in [1.29, 1.82) is 0 Å². The predicted molar refractivity (Wildman–Crippen MR) is 48.1 cm³/mol. The van der Waals surface area contributed by atoms with Crippen LogP contribution in [0.3, 0.4) is 0 Å². The summed E-state index contributed by atoms with van der Waals surface area (Å²) in [5.41, 5.74) is 0. The average Bonchev–Trinajstić information content (AvgIpc) is 2.12. The number of ether oxygens (including phenoxy) is 1. The van der Waals surface area contributed by atoms with Crippen molar-refractivity contribution >= 4 is 7.82 Å². The van der Waals surface area contributed by atoms with Gasteiger partial charge < -0.3 is 13.8 Å². The monoisotopic (exact) mass is 262 g/mol. The quantitative estimate of drug-likeness (QED) is 0.291. The molecule has 94 valence electrons. The van der Waals surface area contributed by atoms with Crippen molar-refractivity contribution in [3.05, 3.63) is 25.7 Å². The Labute approximate surface area is 90.1 Å². The van der Waals surface area contributed by atoms with Crippen LogP contribution in [0.1, 0.15) is 0 Å². The second-order valence-corrected chi connectivity index (χ2v) is 3.78. The molecule has 0 aromatic heterocycles. The van der Waals surface area contributed by atoms with Gasteiger partial charge in [0.1, 0.15) is 6.61 Å². The summed E-state index contributed by atoms with van der Waals surface area (Å²) in [5.74, 6) is 0. The molecule has 0 spiro atoms. The van der Waals surface area contributed by atoms with Crippen LogP contribution < -0.4 is 0 Å². The molecular weight excluding hydrogens is 252 g/mol. The highest BCUT2D eigenvalue weighted by Gasteiger charge is 2.30. The molecule has 0 aliphatic carbocycles. The summed E-state index contributed by atoms with van der Waals surface area (Å²) in [7, 11) is -4.03. The second-order valence-electron chi connectivity index (χ2n) is 2.20. The molecule has 0 aliphatic heterocycles. The van der Waals surface area contributed by atoms with E-state index in [1.807, 2.05) is 0 Å². The van der Waals surface area contributed by atoms with Crippen molar-refractivity contribution in [1.82, 2.24) is 0 Å². The summed E-state index contributed by atoms with van der Waals surface area (Å²) >= 11 is 0. The van der Waals surface area contributed by atoms with Crippen LogP contribution in [-0.4, -0.2) is 19.6 Å². The van der Waals surface area contributed by atoms with E-state index in [4.69, 9.17) is 0 Å². The maximum Gasteiger partial charge on any atom is 0.588 e. The SMILES string of the molecule is C=COP(=O)(OC=C)OCOCC(F)(F)F. The molecule has 0 N–H and O–H groups in total. The van der Waals surface area contributed by atoms with E-state index in [1.54, 1.807) is 0 Å². The van der Waals surface area contributed by atoms with Crippen LogP contribution in [-0.2, 0) is 22.9 Å². The Bertz CT molecular complexity index is 264. The van der Waals surface area contributed by atoms with Crippen molar-refractivity contribution in [3.63, 3.8) is 0 Å². The maximum atomic E-state index is 11.6. The Hall–Kier alpha value is -0.980. The minimum Gasteiger partial charge on any atom is -0.404 e. The fraction of sp³-hybridized carbons (Fsp3) is 0.429. The van der Waals surface area contributed by atoms with Gasteiger partial charge in [0.15, 0.2) is 6.79 Å². The molecule has 0 amide bonds. The molecule has 5 nitrogen and oxygen atoms in total. The lowest BCUT2D eigenvalue weighted by molar-refractivity contribution is -0.188. The third-order valence-electron chi connectivity index (χ3n) is 0.967. The van der Waals surface area contributed by atoms with E-state index < -0.39 is 27.4 Å². The molecule has 0 heterocycles. The highest BCUT2D eigenvalue weighted by molar-refractivity contribution is 7.48. The van der Waals surface area contributed by atoms with Gasteiger partial charge in [0, 0.05) is 0 Å². The van der Waals surface area contributed by atoms with E-state index in [2.05, 4.69) is 31.5 Å². The average molecular weight is 262 g/mol. The minimum atomic E-state index is -4.49. The van der Waals surface area contributed by atoms with Gasteiger partial charge in [0.05, 0.1) is 12.5 Å². The minimum absolute atomic E-state index is 0.758. The molecule has 0 saturated heterocycles. The summed E-state index contributed by atoms with van der Waals surface area (Å²) in [4.78, 5) is 0. The zero-order valence-corrected chi connectivity index (χ0v) is 9.00. The number of phosphoric acid groups is 1. The predicted octanol–water partition coefficient (Wildman–Crippen LogP) is 2.97. The Morgan fingerprint density at radius 3 is 2.06 bits per heavy atom. The number of hydrogen-bond donors (Lipinski definition) is 0. The van der Waals surface area contributed by atoms with Gasteiger partial charge in [-0.3, -0.25) is 0 Å². The first-order valence-electron chi connectivity index (χ1n) is 3.80. The van der Waals surface area contributed by atoms with E-state index in [0.717, 1.165) is 12.5 Å². The number of rotatable bonds is 8. The first-order valence-corrected chi connectivity index (χ1v) is 5.27. The Balaban J connectivity index is 3.99. The van der Waals surface area contributed by atoms with Crippen molar-refractivity contribution in [2.45, 2.75) is 6.18 Å². The number of phosphoric ester groups is 1. The third kappa shape index (κ3) is 7.33. The molecule has 16 heavy (non-hydrogen) atoms. The highest BCUT2D eigenvalue weighted by atomic mass is 31.2. The van der Waals surface area contributed by atoms with Gasteiger partial charge in [0.25, 0.3) is 0 Å². The van der Waals surface area contributed by atoms with Gasteiger partial charge in [0.2, 0.25) is 0 Å². The summed E-state index contributed by atoms with van der Waals surface area (Å²) in [6.45, 7) is 3.73. The topological polar surface area (TPSA) is 54.0 Å². The molecule has 0 radical (unpaired) electrons. The van der Waals surface area contributed by atoms with Crippen LogP contribution in [0.15, 0.2) is 25.7 Å². The van der Waals surface area contributed by atoms with Gasteiger partial charge in [-0.05, 0) is 0 Å². The second kappa shape index (κ2) is 6.57. The van der Waals surface area contributed by atoms with E-state index in [1.165, 1.54) is 0 Å². The largest absolute Gasteiger partial charge is 0.588 e. The molecule has 9 heteroatoms.